The normalized spacial score (nSPS) is 17.3. The number of benzene rings is 1. The van der Waals surface area contributed by atoms with E-state index < -0.39 is 17.7 Å². The summed E-state index contributed by atoms with van der Waals surface area (Å²) in [5.41, 5.74) is 1.57. The minimum Gasteiger partial charge on any atom is -0.467 e. The summed E-state index contributed by atoms with van der Waals surface area (Å²) >= 11 is 0. The second-order valence-corrected chi connectivity index (χ2v) is 7.43. The van der Waals surface area contributed by atoms with E-state index in [9.17, 15) is 10.2 Å². The largest absolute Gasteiger partial charge is 0.467 e. The molecule has 1 heterocycles. The highest BCUT2D eigenvalue weighted by atomic mass is 16.6. The molecule has 1 aliphatic rings. The number of rotatable bonds is 4. The van der Waals surface area contributed by atoms with E-state index in [2.05, 4.69) is 0 Å². The Kier molecular flexibility index (Phi) is 5.82. The Hall–Kier alpha value is -2.37. The summed E-state index contributed by atoms with van der Waals surface area (Å²) < 4.78 is 5.43. The first-order valence-electron chi connectivity index (χ1n) is 8.59. The molecule has 1 atom stereocenters. The third-order valence-corrected chi connectivity index (χ3v) is 4.10. The van der Waals surface area contributed by atoms with Crippen LogP contribution in [0.1, 0.15) is 44.7 Å². The van der Waals surface area contributed by atoms with Crippen LogP contribution < -0.4 is 0 Å². The van der Waals surface area contributed by atoms with Gasteiger partial charge in [0.1, 0.15) is 5.60 Å². The van der Waals surface area contributed by atoms with E-state index in [0.717, 1.165) is 23.9 Å². The van der Waals surface area contributed by atoms with Gasteiger partial charge in [0.25, 0.3) is 0 Å². The van der Waals surface area contributed by atoms with E-state index in [-0.39, 0.29) is 5.84 Å². The van der Waals surface area contributed by atoms with Gasteiger partial charge in [-0.25, -0.2) is 4.79 Å². The number of ether oxygens (including phenoxy) is 1. The van der Waals surface area contributed by atoms with Crippen LogP contribution in [0.5, 0.6) is 0 Å². The molecule has 0 aromatic heterocycles. The first-order chi connectivity index (χ1) is 11.7. The number of nitrogens with one attached hydrogen (secondary N) is 1. The Bertz CT molecular complexity index is 634. The van der Waals surface area contributed by atoms with Crippen LogP contribution >= 0.6 is 0 Å². The zero-order valence-electron chi connectivity index (χ0n) is 15.5. The van der Waals surface area contributed by atoms with Gasteiger partial charge < -0.3 is 25.4 Å². The average Bonchev–Trinajstić information content (AvgIpc) is 3.02. The molecule has 1 N–H and O–H groups in total. The molecule has 6 heteroatoms. The topological polar surface area (TPSA) is 78.9 Å². The van der Waals surface area contributed by atoms with E-state index in [0.29, 0.717) is 19.5 Å². The SMILES string of the molecule is Cc1ccc(CN(C=N)C(=[N-])[C@H]2CCCN2C(=O)OC(C)(C)C)cc1. The lowest BCUT2D eigenvalue weighted by atomic mass is 10.1. The fraction of sp³-hybridized carbons (Fsp3) is 0.526. The number of hydrogen-bond acceptors (Lipinski definition) is 3. The van der Waals surface area contributed by atoms with Crippen LogP contribution in [-0.2, 0) is 11.3 Å². The van der Waals surface area contributed by atoms with Gasteiger partial charge >= 0.3 is 6.09 Å². The molecule has 0 spiro atoms. The van der Waals surface area contributed by atoms with E-state index >= 15 is 0 Å². The van der Waals surface area contributed by atoms with Crippen LogP contribution in [0, 0.1) is 12.3 Å². The third kappa shape index (κ3) is 5.05. The zero-order chi connectivity index (χ0) is 18.6. The van der Waals surface area contributed by atoms with Crippen molar-refractivity contribution in [2.24, 2.45) is 0 Å². The van der Waals surface area contributed by atoms with Gasteiger partial charge in [-0.3, -0.25) is 0 Å². The van der Waals surface area contributed by atoms with Gasteiger partial charge in [0.2, 0.25) is 0 Å². The molecule has 1 aliphatic heterocycles. The summed E-state index contributed by atoms with van der Waals surface area (Å²) in [7, 11) is 0. The molecule has 1 saturated heterocycles. The van der Waals surface area contributed by atoms with E-state index in [1.54, 1.807) is 4.90 Å². The number of carbonyl (C=O) groups excluding carboxylic acids is 1. The predicted molar refractivity (Wildman–Crippen MR) is 99.8 cm³/mol. The number of amides is 1. The first kappa shape index (κ1) is 19.0. The lowest BCUT2D eigenvalue weighted by Crippen LogP contribution is -2.48. The maximum Gasteiger partial charge on any atom is 0.410 e. The van der Waals surface area contributed by atoms with Crippen molar-refractivity contribution in [3.63, 3.8) is 0 Å². The summed E-state index contributed by atoms with van der Waals surface area (Å²) in [6.45, 7) is 8.40. The number of amidine groups is 1. The van der Waals surface area contributed by atoms with Crippen LogP contribution in [0.4, 0.5) is 4.79 Å². The highest BCUT2D eigenvalue weighted by Crippen LogP contribution is 2.23. The van der Waals surface area contributed by atoms with Gasteiger partial charge in [0, 0.05) is 12.9 Å². The van der Waals surface area contributed by atoms with Gasteiger partial charge in [-0.15, -0.1) is 0 Å². The molecule has 0 aliphatic carbocycles. The van der Waals surface area contributed by atoms with E-state index in [4.69, 9.17) is 10.1 Å². The first-order valence-corrected chi connectivity index (χ1v) is 8.59. The van der Waals surface area contributed by atoms with Crippen molar-refractivity contribution in [1.82, 2.24) is 9.80 Å². The minimum atomic E-state index is -0.580. The summed E-state index contributed by atoms with van der Waals surface area (Å²) in [6.07, 6.45) is 2.12. The molecule has 0 radical (unpaired) electrons. The molecular weight excluding hydrogens is 316 g/mol. The highest BCUT2D eigenvalue weighted by Gasteiger charge is 2.33. The monoisotopic (exact) mass is 343 g/mol. The second kappa shape index (κ2) is 7.68. The lowest BCUT2D eigenvalue weighted by Gasteiger charge is -2.38. The maximum atomic E-state index is 12.4. The van der Waals surface area contributed by atoms with Crippen molar-refractivity contribution in [2.75, 3.05) is 6.54 Å². The van der Waals surface area contributed by atoms with Gasteiger partial charge in [0.05, 0.1) is 6.04 Å². The lowest BCUT2D eigenvalue weighted by molar-refractivity contribution is 0.0262. The van der Waals surface area contributed by atoms with E-state index in [1.165, 1.54) is 4.90 Å². The molecule has 1 aromatic carbocycles. The fourth-order valence-electron chi connectivity index (χ4n) is 2.85. The number of aryl methyl sites for hydroxylation is 1. The molecule has 136 valence electrons. The van der Waals surface area contributed by atoms with Crippen LogP contribution in [-0.4, -0.2) is 46.3 Å². The molecule has 1 amide bonds. The van der Waals surface area contributed by atoms with Crippen molar-refractivity contribution in [3.8, 4) is 0 Å². The smallest absolute Gasteiger partial charge is 0.410 e. The van der Waals surface area contributed by atoms with Crippen LogP contribution in [0.25, 0.3) is 5.41 Å². The Morgan fingerprint density at radius 3 is 2.60 bits per heavy atom. The number of nitrogens with zero attached hydrogens (tertiary/aromatic N) is 3. The van der Waals surface area contributed by atoms with Gasteiger partial charge in [-0.1, -0.05) is 35.7 Å². The van der Waals surface area contributed by atoms with Crippen molar-refractivity contribution >= 4 is 18.3 Å². The van der Waals surface area contributed by atoms with Crippen LogP contribution in [0.15, 0.2) is 24.3 Å². The fourth-order valence-corrected chi connectivity index (χ4v) is 2.85. The average molecular weight is 343 g/mol. The molecule has 6 nitrogen and oxygen atoms in total. The molecule has 1 fully saturated rings. The van der Waals surface area contributed by atoms with Gasteiger partial charge in [-0.2, -0.15) is 0 Å². The summed E-state index contributed by atoms with van der Waals surface area (Å²) in [6, 6.07) is 7.48. The van der Waals surface area contributed by atoms with Crippen molar-refractivity contribution in [2.45, 2.75) is 58.7 Å². The van der Waals surface area contributed by atoms with Crippen LogP contribution in [0.2, 0.25) is 0 Å². The number of carbonyl (C=O) groups is 1. The zero-order valence-corrected chi connectivity index (χ0v) is 15.5. The molecular formula is C19H27N4O2-. The second-order valence-electron chi connectivity index (χ2n) is 7.43. The molecule has 1 aromatic rings. The Morgan fingerprint density at radius 2 is 2.04 bits per heavy atom. The third-order valence-electron chi connectivity index (χ3n) is 4.10. The Balaban J connectivity index is 2.08. The molecule has 0 bridgehead atoms. The van der Waals surface area contributed by atoms with Gasteiger partial charge in [-0.05, 0) is 52.6 Å². The standard InChI is InChI=1S/C19H27N4O2/c1-14-7-9-15(10-8-14)12-22(13-20)17(21)16-6-5-11-23(16)18(24)25-19(2,3)4/h7-10,13,16,20H,5-6,11-12H2,1-4H3/q-1/t16-/m1/s1. The minimum absolute atomic E-state index is 0.0129. The van der Waals surface area contributed by atoms with E-state index in [1.807, 2.05) is 52.0 Å². The van der Waals surface area contributed by atoms with Crippen molar-refractivity contribution < 1.29 is 9.53 Å². The molecule has 0 unspecified atom stereocenters. The predicted octanol–water partition coefficient (Wildman–Crippen LogP) is 3.77. The Morgan fingerprint density at radius 1 is 1.40 bits per heavy atom. The summed E-state index contributed by atoms with van der Waals surface area (Å²) in [5, 5.41) is 18.3. The van der Waals surface area contributed by atoms with Crippen molar-refractivity contribution in [3.05, 3.63) is 40.8 Å². The summed E-state index contributed by atoms with van der Waals surface area (Å²) in [5.74, 6) is 0.0129. The van der Waals surface area contributed by atoms with Crippen molar-refractivity contribution in [1.29, 1.82) is 5.41 Å². The number of hydrogen-bond donors (Lipinski definition) is 1. The van der Waals surface area contributed by atoms with Gasteiger partial charge in [0.15, 0.2) is 0 Å². The van der Waals surface area contributed by atoms with Crippen LogP contribution in [0.3, 0.4) is 0 Å². The quantitative estimate of drug-likeness (QED) is 0.667. The summed E-state index contributed by atoms with van der Waals surface area (Å²) in [4.78, 5) is 15.4. The molecule has 2 rings (SSSR count). The number of likely N-dealkylation sites (tertiary alicyclic amines) is 1. The maximum absolute atomic E-state index is 12.4. The molecule has 25 heavy (non-hydrogen) atoms. The highest BCUT2D eigenvalue weighted by molar-refractivity contribution is 5.99. The molecule has 0 saturated carbocycles. The Labute approximate surface area is 149 Å².